The van der Waals surface area contributed by atoms with Gasteiger partial charge in [-0.25, -0.2) is 0 Å². The maximum Gasteiger partial charge on any atom is 0.163 e. The highest BCUT2D eigenvalue weighted by atomic mass is 35.5. The number of fused-ring (bicyclic) bond motifs is 1. The van der Waals surface area contributed by atoms with E-state index in [1.165, 1.54) is 5.56 Å². The van der Waals surface area contributed by atoms with Crippen molar-refractivity contribution >= 4 is 41.4 Å². The van der Waals surface area contributed by atoms with Crippen LogP contribution in [0.15, 0.2) is 54.6 Å². The summed E-state index contributed by atoms with van der Waals surface area (Å²) in [5.41, 5.74) is 2.44. The van der Waals surface area contributed by atoms with Crippen LogP contribution in [-0.2, 0) is 22.2 Å². The molecule has 1 N–H and O–H groups in total. The van der Waals surface area contributed by atoms with Crippen molar-refractivity contribution in [1.82, 2.24) is 10.2 Å². The van der Waals surface area contributed by atoms with Gasteiger partial charge in [-0.2, -0.15) is 0 Å². The number of nitrogens with one attached hydrogen (secondary N) is 1. The molecule has 0 saturated heterocycles. The highest BCUT2D eigenvalue weighted by molar-refractivity contribution is 6.42. The lowest BCUT2D eigenvalue weighted by atomic mass is 9.69. The van der Waals surface area contributed by atoms with Crippen molar-refractivity contribution in [3.63, 3.8) is 0 Å². The lowest BCUT2D eigenvalue weighted by Gasteiger charge is -2.47. The zero-order valence-electron chi connectivity index (χ0n) is 17.3. The Hall–Kier alpha value is -1.36. The summed E-state index contributed by atoms with van der Waals surface area (Å²) in [4.78, 5) is 16.2. The third-order valence-corrected chi connectivity index (χ3v) is 6.87. The van der Waals surface area contributed by atoms with Gasteiger partial charge in [-0.1, -0.05) is 79.5 Å². The van der Waals surface area contributed by atoms with E-state index in [4.69, 9.17) is 23.2 Å². The van der Waals surface area contributed by atoms with E-state index >= 15 is 0 Å². The van der Waals surface area contributed by atoms with Crippen LogP contribution in [0.3, 0.4) is 0 Å². The maximum absolute atomic E-state index is 13.9. The second-order valence-corrected chi connectivity index (χ2v) is 9.52. The van der Waals surface area contributed by atoms with Crippen molar-refractivity contribution in [1.29, 1.82) is 0 Å². The standard InChI is InChI=1S/C24H26Cl2N2O.ClH/c1-23(2)15-27-24(16-28-11-5-6-12-28,19-8-4-3-7-18(19)23)22(29)14-17-9-10-20(25)21(26)13-17;/h3-10,13,27H,11-12,14-16H2,1-2H3;1H. The number of carbonyl (C=O) groups excluding carboxylic acids is 1. The Bertz CT molecular complexity index is 965. The predicted molar refractivity (Wildman–Crippen MR) is 127 cm³/mol. The molecule has 2 aliphatic rings. The van der Waals surface area contributed by atoms with Gasteiger partial charge >= 0.3 is 0 Å². The van der Waals surface area contributed by atoms with Crippen LogP contribution >= 0.6 is 35.6 Å². The second kappa shape index (κ2) is 9.02. The summed E-state index contributed by atoms with van der Waals surface area (Å²) in [6, 6.07) is 13.8. The number of rotatable bonds is 5. The van der Waals surface area contributed by atoms with Gasteiger partial charge in [-0.3, -0.25) is 15.0 Å². The summed E-state index contributed by atoms with van der Waals surface area (Å²) in [6.45, 7) is 7.59. The number of nitrogens with zero attached hydrogens (tertiary/aromatic N) is 1. The predicted octanol–water partition coefficient (Wildman–Crippen LogP) is 5.17. The van der Waals surface area contributed by atoms with Crippen LogP contribution in [0.5, 0.6) is 0 Å². The zero-order valence-corrected chi connectivity index (χ0v) is 19.6. The van der Waals surface area contributed by atoms with Crippen LogP contribution in [-0.4, -0.2) is 36.9 Å². The number of halogens is 3. The van der Waals surface area contributed by atoms with Crippen LogP contribution < -0.4 is 5.32 Å². The summed E-state index contributed by atoms with van der Waals surface area (Å²) >= 11 is 12.3. The molecule has 2 heterocycles. The van der Waals surface area contributed by atoms with Gasteiger partial charge in [0.15, 0.2) is 5.78 Å². The van der Waals surface area contributed by atoms with E-state index in [0.717, 1.165) is 30.8 Å². The summed E-state index contributed by atoms with van der Waals surface area (Å²) < 4.78 is 0. The third-order valence-electron chi connectivity index (χ3n) is 6.13. The first-order valence-corrected chi connectivity index (χ1v) is 10.8. The molecule has 2 aromatic rings. The molecule has 160 valence electrons. The number of carbonyl (C=O) groups is 1. The van der Waals surface area contributed by atoms with E-state index in [1.54, 1.807) is 12.1 Å². The van der Waals surface area contributed by atoms with Gasteiger partial charge in [0.1, 0.15) is 5.54 Å². The Kier molecular flexibility index (Phi) is 7.01. The molecule has 0 spiro atoms. The Balaban J connectivity index is 0.00000256. The van der Waals surface area contributed by atoms with Crippen LogP contribution in [0.1, 0.15) is 30.5 Å². The average molecular weight is 466 g/mol. The smallest absolute Gasteiger partial charge is 0.163 e. The zero-order chi connectivity index (χ0) is 20.6. The first kappa shape index (κ1) is 23.3. The van der Waals surface area contributed by atoms with Crippen molar-refractivity contribution in [3.05, 3.63) is 81.4 Å². The van der Waals surface area contributed by atoms with Crippen LogP contribution in [0.4, 0.5) is 0 Å². The number of hydrogen-bond acceptors (Lipinski definition) is 3. The van der Waals surface area contributed by atoms with Gasteiger partial charge in [0, 0.05) is 38.0 Å². The maximum atomic E-state index is 13.9. The molecule has 1 atom stereocenters. The van der Waals surface area contributed by atoms with E-state index in [2.05, 4.69) is 54.4 Å². The van der Waals surface area contributed by atoms with E-state index in [-0.39, 0.29) is 23.6 Å². The van der Waals surface area contributed by atoms with Gasteiger partial charge < -0.3 is 0 Å². The van der Waals surface area contributed by atoms with Gasteiger partial charge in [-0.05, 0) is 28.8 Å². The van der Waals surface area contributed by atoms with E-state index < -0.39 is 5.54 Å². The molecule has 0 amide bonds. The van der Waals surface area contributed by atoms with Gasteiger partial charge in [0.25, 0.3) is 0 Å². The fourth-order valence-electron chi connectivity index (χ4n) is 4.46. The summed E-state index contributed by atoms with van der Waals surface area (Å²) in [6.07, 6.45) is 4.63. The Morgan fingerprint density at radius 3 is 2.37 bits per heavy atom. The minimum absolute atomic E-state index is 0. The summed E-state index contributed by atoms with van der Waals surface area (Å²) in [5, 5.41) is 4.66. The van der Waals surface area contributed by atoms with Crippen LogP contribution in [0.2, 0.25) is 10.0 Å². The first-order valence-electron chi connectivity index (χ1n) is 10.0. The van der Waals surface area contributed by atoms with E-state index in [9.17, 15) is 4.79 Å². The fraction of sp³-hybridized carbons (Fsp3) is 0.375. The minimum Gasteiger partial charge on any atom is -0.299 e. The molecule has 0 saturated carbocycles. The number of hydrogen-bond donors (Lipinski definition) is 1. The lowest BCUT2D eigenvalue weighted by molar-refractivity contribution is -0.126. The molecule has 3 nitrogen and oxygen atoms in total. The van der Waals surface area contributed by atoms with Crippen molar-refractivity contribution in [3.8, 4) is 0 Å². The van der Waals surface area contributed by atoms with Gasteiger partial charge in [-0.15, -0.1) is 12.4 Å². The van der Waals surface area contributed by atoms with E-state index in [0.29, 0.717) is 23.0 Å². The number of benzene rings is 2. The molecule has 2 aliphatic heterocycles. The van der Waals surface area contributed by atoms with Crippen molar-refractivity contribution in [2.75, 3.05) is 26.2 Å². The molecule has 2 aromatic carbocycles. The molecule has 30 heavy (non-hydrogen) atoms. The Morgan fingerprint density at radius 1 is 1.03 bits per heavy atom. The molecule has 0 aromatic heterocycles. The second-order valence-electron chi connectivity index (χ2n) is 8.70. The van der Waals surface area contributed by atoms with E-state index in [1.807, 2.05) is 12.1 Å². The number of Topliss-reactive ketones (excluding diaryl/α,β-unsaturated/α-hetero) is 1. The topological polar surface area (TPSA) is 32.3 Å². The van der Waals surface area contributed by atoms with Crippen molar-refractivity contribution < 1.29 is 4.79 Å². The van der Waals surface area contributed by atoms with Crippen LogP contribution in [0, 0.1) is 0 Å². The molecular weight excluding hydrogens is 439 g/mol. The third kappa shape index (κ3) is 4.32. The summed E-state index contributed by atoms with van der Waals surface area (Å²) in [7, 11) is 0. The molecule has 1 unspecified atom stereocenters. The molecule has 0 aliphatic carbocycles. The van der Waals surface area contributed by atoms with Crippen molar-refractivity contribution in [2.45, 2.75) is 31.2 Å². The van der Waals surface area contributed by atoms with Gasteiger partial charge in [0.2, 0.25) is 0 Å². The molecular formula is C24H27Cl3N2O. The first-order chi connectivity index (χ1) is 13.8. The minimum atomic E-state index is -0.746. The molecule has 0 radical (unpaired) electrons. The largest absolute Gasteiger partial charge is 0.299 e. The van der Waals surface area contributed by atoms with Gasteiger partial charge in [0.05, 0.1) is 10.0 Å². The normalized spacial score (nSPS) is 22.4. The van der Waals surface area contributed by atoms with Crippen molar-refractivity contribution in [2.24, 2.45) is 0 Å². The molecule has 0 bridgehead atoms. The molecule has 6 heteroatoms. The average Bonchev–Trinajstić information content (AvgIpc) is 3.20. The Labute approximate surface area is 194 Å². The van der Waals surface area contributed by atoms with Crippen LogP contribution in [0.25, 0.3) is 0 Å². The Morgan fingerprint density at radius 2 is 1.70 bits per heavy atom. The fourth-order valence-corrected chi connectivity index (χ4v) is 4.78. The SMILES string of the molecule is CC1(C)CNC(CN2CC=CC2)(C(=O)Cc2ccc(Cl)c(Cl)c2)c2ccccc21.Cl. The molecule has 4 rings (SSSR count). The lowest BCUT2D eigenvalue weighted by Crippen LogP contribution is -2.62. The number of ketones is 1. The quantitative estimate of drug-likeness (QED) is 0.618. The summed E-state index contributed by atoms with van der Waals surface area (Å²) in [5.74, 6) is 0.158. The highest BCUT2D eigenvalue weighted by Gasteiger charge is 2.48. The monoisotopic (exact) mass is 464 g/mol. The molecule has 0 fully saturated rings. The highest BCUT2D eigenvalue weighted by Crippen LogP contribution is 2.39.